The molecule has 6 nitrogen and oxygen atoms in total. The van der Waals surface area contributed by atoms with Crippen LogP contribution in [0.4, 0.5) is 23.0 Å². The van der Waals surface area contributed by atoms with Crippen molar-refractivity contribution in [1.29, 1.82) is 0 Å². The number of rotatable bonds is 6. The lowest BCUT2D eigenvalue weighted by atomic mass is 10.2. The Kier molecular flexibility index (Phi) is 6.11. The van der Waals surface area contributed by atoms with Gasteiger partial charge in [-0.05, 0) is 48.5 Å². The summed E-state index contributed by atoms with van der Waals surface area (Å²) in [6, 6.07) is 23.1. The SMILES string of the molecule is COc1ccc(C(=O)n2nc(Nc3ccccc3Cl)cc2Nc2ccccc2Cl)cc1. The normalized spacial score (nSPS) is 10.5. The highest BCUT2D eigenvalue weighted by molar-refractivity contribution is 6.33. The average molecular weight is 453 g/mol. The predicted molar refractivity (Wildman–Crippen MR) is 124 cm³/mol. The Morgan fingerprint density at radius 3 is 2.03 bits per heavy atom. The van der Waals surface area contributed by atoms with E-state index in [9.17, 15) is 4.79 Å². The molecule has 0 atom stereocenters. The van der Waals surface area contributed by atoms with E-state index in [4.69, 9.17) is 27.9 Å². The zero-order chi connectivity index (χ0) is 21.8. The second-order valence-corrected chi connectivity index (χ2v) is 7.38. The summed E-state index contributed by atoms with van der Waals surface area (Å²) in [4.78, 5) is 13.2. The van der Waals surface area contributed by atoms with E-state index in [-0.39, 0.29) is 5.91 Å². The average Bonchev–Trinajstić information content (AvgIpc) is 3.18. The fourth-order valence-electron chi connectivity index (χ4n) is 2.94. The molecule has 4 aromatic rings. The molecule has 0 saturated carbocycles. The molecule has 0 bridgehead atoms. The number of nitrogens with zero attached hydrogens (tertiary/aromatic N) is 2. The third-order valence-corrected chi connectivity index (χ3v) is 5.17. The van der Waals surface area contributed by atoms with Crippen molar-refractivity contribution < 1.29 is 9.53 Å². The van der Waals surface area contributed by atoms with Gasteiger partial charge in [0, 0.05) is 11.6 Å². The largest absolute Gasteiger partial charge is 0.497 e. The number of methoxy groups -OCH3 is 1. The molecule has 1 aromatic heterocycles. The fraction of sp³-hybridized carbons (Fsp3) is 0.0435. The zero-order valence-corrected chi connectivity index (χ0v) is 18.0. The van der Waals surface area contributed by atoms with Crippen molar-refractivity contribution >= 4 is 52.1 Å². The summed E-state index contributed by atoms with van der Waals surface area (Å²) in [5, 5.41) is 11.8. The number of hydrogen-bond acceptors (Lipinski definition) is 5. The van der Waals surface area contributed by atoms with Gasteiger partial charge in [0.25, 0.3) is 5.91 Å². The first-order valence-corrected chi connectivity index (χ1v) is 10.1. The maximum absolute atomic E-state index is 13.2. The molecule has 0 amide bonds. The first-order chi connectivity index (χ1) is 15.0. The van der Waals surface area contributed by atoms with Gasteiger partial charge in [-0.3, -0.25) is 4.79 Å². The molecule has 0 unspecified atom stereocenters. The second kappa shape index (κ2) is 9.12. The standard InChI is InChI=1S/C23H18Cl2N4O2/c1-31-16-12-10-15(11-13-16)23(30)29-22(27-20-9-5-3-7-18(20)25)14-21(28-29)26-19-8-4-2-6-17(19)24/h2-14,27H,1H3,(H,26,28). The number of anilines is 4. The third kappa shape index (κ3) is 4.66. The van der Waals surface area contributed by atoms with Crippen molar-refractivity contribution in [2.24, 2.45) is 0 Å². The van der Waals surface area contributed by atoms with Crippen LogP contribution in [0.3, 0.4) is 0 Å². The Bertz CT molecular complexity index is 1220. The van der Waals surface area contributed by atoms with Gasteiger partial charge < -0.3 is 15.4 Å². The van der Waals surface area contributed by atoms with Crippen LogP contribution in [0.5, 0.6) is 5.75 Å². The Labute approximate surface area is 189 Å². The lowest BCUT2D eigenvalue weighted by molar-refractivity contribution is 0.0948. The van der Waals surface area contributed by atoms with Gasteiger partial charge in [-0.1, -0.05) is 47.5 Å². The van der Waals surface area contributed by atoms with Crippen LogP contribution in [0.15, 0.2) is 78.9 Å². The van der Waals surface area contributed by atoms with E-state index in [1.807, 2.05) is 36.4 Å². The number of carbonyl (C=O) groups is 1. The minimum atomic E-state index is -0.315. The third-order valence-electron chi connectivity index (χ3n) is 4.51. The van der Waals surface area contributed by atoms with E-state index >= 15 is 0 Å². The molecule has 0 aliphatic heterocycles. The van der Waals surface area contributed by atoms with Gasteiger partial charge in [-0.25, -0.2) is 0 Å². The number of para-hydroxylation sites is 2. The molecule has 0 aliphatic carbocycles. The summed E-state index contributed by atoms with van der Waals surface area (Å²) in [5.41, 5.74) is 1.78. The van der Waals surface area contributed by atoms with Gasteiger partial charge in [-0.2, -0.15) is 4.68 Å². The van der Waals surface area contributed by atoms with Gasteiger partial charge in [0.2, 0.25) is 0 Å². The minimum Gasteiger partial charge on any atom is -0.497 e. The molecule has 0 spiro atoms. The second-order valence-electron chi connectivity index (χ2n) is 6.57. The maximum atomic E-state index is 13.2. The lowest BCUT2D eigenvalue weighted by Gasteiger charge is -2.10. The van der Waals surface area contributed by atoms with E-state index in [1.165, 1.54) is 4.68 Å². The Balaban J connectivity index is 1.72. The molecule has 2 N–H and O–H groups in total. The van der Waals surface area contributed by atoms with Crippen LogP contribution < -0.4 is 15.4 Å². The molecular formula is C23H18Cl2N4O2. The van der Waals surface area contributed by atoms with Crippen molar-refractivity contribution in [2.75, 3.05) is 17.7 Å². The van der Waals surface area contributed by atoms with Crippen molar-refractivity contribution in [3.05, 3.63) is 94.5 Å². The summed E-state index contributed by atoms with van der Waals surface area (Å²) < 4.78 is 6.45. The first-order valence-electron chi connectivity index (χ1n) is 9.37. The number of halogens is 2. The van der Waals surface area contributed by atoms with Crippen LogP contribution in [0.1, 0.15) is 10.4 Å². The number of aromatic nitrogens is 2. The monoisotopic (exact) mass is 452 g/mol. The number of benzene rings is 3. The highest BCUT2D eigenvalue weighted by Gasteiger charge is 2.18. The molecule has 1 heterocycles. The molecular weight excluding hydrogens is 435 g/mol. The summed E-state index contributed by atoms with van der Waals surface area (Å²) in [5.74, 6) is 1.24. The van der Waals surface area contributed by atoms with Crippen molar-refractivity contribution in [3.63, 3.8) is 0 Å². The van der Waals surface area contributed by atoms with Crippen LogP contribution in [-0.2, 0) is 0 Å². The Morgan fingerprint density at radius 2 is 1.45 bits per heavy atom. The van der Waals surface area contributed by atoms with Crippen molar-refractivity contribution in [1.82, 2.24) is 9.78 Å². The molecule has 3 aromatic carbocycles. The van der Waals surface area contributed by atoms with Crippen LogP contribution in [0.25, 0.3) is 0 Å². The fourth-order valence-corrected chi connectivity index (χ4v) is 3.31. The van der Waals surface area contributed by atoms with E-state index in [1.54, 1.807) is 49.6 Å². The van der Waals surface area contributed by atoms with E-state index < -0.39 is 0 Å². The van der Waals surface area contributed by atoms with Crippen LogP contribution in [0.2, 0.25) is 10.0 Å². The molecule has 31 heavy (non-hydrogen) atoms. The van der Waals surface area contributed by atoms with Gasteiger partial charge >= 0.3 is 0 Å². The van der Waals surface area contributed by atoms with E-state index in [2.05, 4.69) is 15.7 Å². The smallest absolute Gasteiger partial charge is 0.280 e. The zero-order valence-electron chi connectivity index (χ0n) is 16.5. The Morgan fingerprint density at radius 1 is 0.871 bits per heavy atom. The predicted octanol–water partition coefficient (Wildman–Crippen LogP) is 6.37. The highest BCUT2D eigenvalue weighted by atomic mass is 35.5. The van der Waals surface area contributed by atoms with Crippen molar-refractivity contribution in [2.45, 2.75) is 0 Å². The van der Waals surface area contributed by atoms with Gasteiger partial charge in [0.05, 0.1) is 28.5 Å². The Hall–Kier alpha value is -3.48. The van der Waals surface area contributed by atoms with Crippen LogP contribution >= 0.6 is 23.2 Å². The number of carbonyl (C=O) groups excluding carboxylic acids is 1. The van der Waals surface area contributed by atoms with Crippen molar-refractivity contribution in [3.8, 4) is 5.75 Å². The van der Waals surface area contributed by atoms with E-state index in [0.717, 1.165) is 0 Å². The van der Waals surface area contributed by atoms with Crippen LogP contribution in [0, 0.1) is 0 Å². The quantitative estimate of drug-likeness (QED) is 0.355. The molecule has 0 saturated heterocycles. The topological polar surface area (TPSA) is 68.2 Å². The molecule has 0 aliphatic rings. The summed E-state index contributed by atoms with van der Waals surface area (Å²) >= 11 is 12.5. The number of nitrogens with one attached hydrogen (secondary N) is 2. The summed E-state index contributed by atoms with van der Waals surface area (Å²) in [6.07, 6.45) is 0. The van der Waals surface area contributed by atoms with Crippen LogP contribution in [-0.4, -0.2) is 22.8 Å². The minimum absolute atomic E-state index is 0.315. The first kappa shape index (κ1) is 20.8. The number of ether oxygens (including phenoxy) is 1. The summed E-state index contributed by atoms with van der Waals surface area (Å²) in [7, 11) is 1.57. The highest BCUT2D eigenvalue weighted by Crippen LogP contribution is 2.29. The molecule has 156 valence electrons. The molecule has 0 radical (unpaired) electrons. The molecule has 4 rings (SSSR count). The lowest BCUT2D eigenvalue weighted by Crippen LogP contribution is -2.16. The van der Waals surface area contributed by atoms with E-state index in [0.29, 0.717) is 44.4 Å². The maximum Gasteiger partial charge on any atom is 0.280 e. The van der Waals surface area contributed by atoms with Gasteiger partial charge in [0.15, 0.2) is 5.82 Å². The summed E-state index contributed by atoms with van der Waals surface area (Å²) in [6.45, 7) is 0. The molecule has 0 fully saturated rings. The van der Waals surface area contributed by atoms with Gasteiger partial charge in [-0.15, -0.1) is 5.10 Å². The molecule has 8 heteroatoms. The van der Waals surface area contributed by atoms with Gasteiger partial charge in [0.1, 0.15) is 11.6 Å². The number of hydrogen-bond donors (Lipinski definition) is 2.